The summed E-state index contributed by atoms with van der Waals surface area (Å²) >= 11 is 4.90. The SMILES string of the molecule is O=C(NCc1cc(Br)cs1)c1cccc(S(=O)(=O)NCC2CCCO2)c1. The van der Waals surface area contributed by atoms with Gasteiger partial charge in [-0.3, -0.25) is 4.79 Å². The van der Waals surface area contributed by atoms with E-state index in [0.717, 1.165) is 22.2 Å². The maximum atomic E-state index is 12.4. The van der Waals surface area contributed by atoms with E-state index in [4.69, 9.17) is 4.74 Å². The Hall–Kier alpha value is -1.26. The van der Waals surface area contributed by atoms with Crippen LogP contribution in [0.25, 0.3) is 0 Å². The van der Waals surface area contributed by atoms with Crippen molar-refractivity contribution in [1.29, 1.82) is 0 Å². The van der Waals surface area contributed by atoms with Gasteiger partial charge in [-0.2, -0.15) is 0 Å². The van der Waals surface area contributed by atoms with Gasteiger partial charge in [-0.1, -0.05) is 6.07 Å². The molecular weight excluding hydrogens is 440 g/mol. The fourth-order valence-electron chi connectivity index (χ4n) is 2.61. The lowest BCUT2D eigenvalue weighted by atomic mass is 10.2. The molecule has 26 heavy (non-hydrogen) atoms. The standard InChI is InChI=1S/C17H19BrN2O4S2/c18-13-8-15(25-11-13)10-19-17(21)12-3-1-5-16(7-12)26(22,23)20-9-14-4-2-6-24-14/h1,3,5,7-8,11,14,20H,2,4,6,9-10H2,(H,19,21). The van der Waals surface area contributed by atoms with E-state index in [-0.39, 0.29) is 23.5 Å². The number of amides is 1. The molecule has 140 valence electrons. The van der Waals surface area contributed by atoms with Crippen molar-refractivity contribution in [3.05, 3.63) is 50.6 Å². The highest BCUT2D eigenvalue weighted by Gasteiger charge is 2.21. The van der Waals surface area contributed by atoms with Crippen molar-refractivity contribution in [3.63, 3.8) is 0 Å². The van der Waals surface area contributed by atoms with Gasteiger partial charge < -0.3 is 10.1 Å². The zero-order valence-electron chi connectivity index (χ0n) is 13.9. The summed E-state index contributed by atoms with van der Waals surface area (Å²) in [5.74, 6) is -0.314. The van der Waals surface area contributed by atoms with Crippen molar-refractivity contribution >= 4 is 43.2 Å². The van der Waals surface area contributed by atoms with Gasteiger partial charge >= 0.3 is 0 Å². The normalized spacial score (nSPS) is 17.3. The number of hydrogen-bond acceptors (Lipinski definition) is 5. The topological polar surface area (TPSA) is 84.5 Å². The van der Waals surface area contributed by atoms with Gasteiger partial charge in [-0.05, 0) is 53.0 Å². The number of sulfonamides is 1. The second-order valence-corrected chi connectivity index (χ2v) is 9.61. The van der Waals surface area contributed by atoms with Crippen LogP contribution in [0.15, 0.2) is 45.1 Å². The molecule has 1 aromatic carbocycles. The lowest BCUT2D eigenvalue weighted by Crippen LogP contribution is -2.32. The summed E-state index contributed by atoms with van der Waals surface area (Å²) in [4.78, 5) is 13.4. The van der Waals surface area contributed by atoms with Crippen LogP contribution in [0.2, 0.25) is 0 Å². The van der Waals surface area contributed by atoms with E-state index in [0.29, 0.717) is 18.7 Å². The molecule has 2 aromatic rings. The molecule has 0 aliphatic carbocycles. The van der Waals surface area contributed by atoms with Crippen molar-refractivity contribution in [2.24, 2.45) is 0 Å². The van der Waals surface area contributed by atoms with Crippen LogP contribution in [0.4, 0.5) is 0 Å². The van der Waals surface area contributed by atoms with Crippen LogP contribution in [0.5, 0.6) is 0 Å². The van der Waals surface area contributed by atoms with E-state index in [1.165, 1.54) is 23.5 Å². The number of carbonyl (C=O) groups is 1. The van der Waals surface area contributed by atoms with Gasteiger partial charge in [0, 0.05) is 33.4 Å². The quantitative estimate of drug-likeness (QED) is 0.667. The Labute approximate surface area is 165 Å². The summed E-state index contributed by atoms with van der Waals surface area (Å²) in [7, 11) is -3.68. The first kappa shape index (κ1) is 19.5. The zero-order valence-corrected chi connectivity index (χ0v) is 17.1. The predicted octanol–water partition coefficient (Wildman–Crippen LogP) is 2.90. The summed E-state index contributed by atoms with van der Waals surface area (Å²) in [5.41, 5.74) is 0.306. The third-order valence-corrected chi connectivity index (χ3v) is 7.10. The molecule has 1 amide bonds. The number of hydrogen-bond donors (Lipinski definition) is 2. The number of halogens is 1. The van der Waals surface area contributed by atoms with Crippen LogP contribution in [0, 0.1) is 0 Å². The predicted molar refractivity (Wildman–Crippen MR) is 104 cm³/mol. The molecule has 0 spiro atoms. The number of benzene rings is 1. The number of ether oxygens (including phenoxy) is 1. The zero-order chi connectivity index (χ0) is 18.6. The first-order valence-electron chi connectivity index (χ1n) is 8.16. The third-order valence-electron chi connectivity index (χ3n) is 3.98. The Morgan fingerprint density at radius 2 is 2.19 bits per heavy atom. The highest BCUT2D eigenvalue weighted by Crippen LogP contribution is 2.20. The Kier molecular flexibility index (Phi) is 6.46. The summed E-state index contributed by atoms with van der Waals surface area (Å²) in [6, 6.07) is 7.96. The number of nitrogens with one attached hydrogen (secondary N) is 2. The maximum absolute atomic E-state index is 12.4. The summed E-state index contributed by atoms with van der Waals surface area (Å²) in [6.45, 7) is 1.30. The third kappa shape index (κ3) is 5.14. The molecule has 1 saturated heterocycles. The molecule has 0 radical (unpaired) electrons. The van der Waals surface area contributed by atoms with E-state index in [1.54, 1.807) is 12.1 Å². The van der Waals surface area contributed by atoms with E-state index in [1.807, 2.05) is 11.4 Å². The molecule has 1 unspecified atom stereocenters. The molecule has 3 rings (SSSR count). The molecule has 2 heterocycles. The highest BCUT2D eigenvalue weighted by molar-refractivity contribution is 9.10. The van der Waals surface area contributed by atoms with Crippen molar-refractivity contribution in [1.82, 2.24) is 10.0 Å². The summed E-state index contributed by atoms with van der Waals surface area (Å²) in [6.07, 6.45) is 1.72. The number of rotatable bonds is 7. The van der Waals surface area contributed by atoms with Gasteiger partial charge in [0.05, 0.1) is 17.5 Å². The van der Waals surface area contributed by atoms with Gasteiger partial charge in [0.15, 0.2) is 0 Å². The van der Waals surface area contributed by atoms with Gasteiger partial charge in [0.2, 0.25) is 10.0 Å². The average Bonchev–Trinajstić information content (AvgIpc) is 3.29. The minimum absolute atomic E-state index is 0.0713. The molecule has 0 bridgehead atoms. The molecule has 1 atom stereocenters. The molecule has 9 heteroatoms. The molecule has 6 nitrogen and oxygen atoms in total. The Bertz CT molecular complexity index is 876. The lowest BCUT2D eigenvalue weighted by Gasteiger charge is -2.12. The Balaban J connectivity index is 1.63. The smallest absolute Gasteiger partial charge is 0.251 e. The highest BCUT2D eigenvalue weighted by atomic mass is 79.9. The second kappa shape index (κ2) is 8.62. The molecule has 1 aliphatic heterocycles. The maximum Gasteiger partial charge on any atom is 0.251 e. The van der Waals surface area contributed by atoms with Crippen LogP contribution in [-0.2, 0) is 21.3 Å². The molecule has 2 N–H and O–H groups in total. The van der Waals surface area contributed by atoms with Crippen LogP contribution in [0.3, 0.4) is 0 Å². The van der Waals surface area contributed by atoms with Gasteiger partial charge in [-0.15, -0.1) is 11.3 Å². The van der Waals surface area contributed by atoms with E-state index >= 15 is 0 Å². The van der Waals surface area contributed by atoms with Crippen molar-refractivity contribution in [3.8, 4) is 0 Å². The summed E-state index contributed by atoms with van der Waals surface area (Å²) < 4.78 is 33.8. The van der Waals surface area contributed by atoms with Crippen LogP contribution in [-0.4, -0.2) is 33.6 Å². The van der Waals surface area contributed by atoms with Crippen LogP contribution in [0.1, 0.15) is 28.1 Å². The van der Waals surface area contributed by atoms with Gasteiger partial charge in [0.25, 0.3) is 5.91 Å². The molecule has 0 saturated carbocycles. The fraction of sp³-hybridized carbons (Fsp3) is 0.353. The first-order valence-corrected chi connectivity index (χ1v) is 11.3. The average molecular weight is 459 g/mol. The molecular formula is C17H19BrN2O4S2. The fourth-order valence-corrected chi connectivity index (χ4v) is 5.11. The second-order valence-electron chi connectivity index (χ2n) is 5.93. The monoisotopic (exact) mass is 458 g/mol. The molecule has 1 aromatic heterocycles. The molecule has 1 aliphatic rings. The van der Waals surface area contributed by atoms with Crippen molar-refractivity contribution < 1.29 is 17.9 Å². The lowest BCUT2D eigenvalue weighted by molar-refractivity contribution is 0.0951. The van der Waals surface area contributed by atoms with Crippen molar-refractivity contribution in [2.75, 3.05) is 13.2 Å². The van der Waals surface area contributed by atoms with Crippen LogP contribution < -0.4 is 10.0 Å². The minimum atomic E-state index is -3.68. The summed E-state index contributed by atoms with van der Waals surface area (Å²) in [5, 5.41) is 4.74. The van der Waals surface area contributed by atoms with Crippen LogP contribution >= 0.6 is 27.3 Å². The number of carbonyl (C=O) groups excluding carboxylic acids is 1. The minimum Gasteiger partial charge on any atom is -0.377 e. The van der Waals surface area contributed by atoms with Gasteiger partial charge in [-0.25, -0.2) is 13.1 Å². The van der Waals surface area contributed by atoms with E-state index < -0.39 is 10.0 Å². The molecule has 1 fully saturated rings. The van der Waals surface area contributed by atoms with E-state index in [2.05, 4.69) is 26.0 Å². The largest absolute Gasteiger partial charge is 0.377 e. The Morgan fingerprint density at radius 3 is 2.88 bits per heavy atom. The number of thiophene rings is 1. The Morgan fingerprint density at radius 1 is 1.35 bits per heavy atom. The van der Waals surface area contributed by atoms with E-state index in [9.17, 15) is 13.2 Å². The van der Waals surface area contributed by atoms with Gasteiger partial charge in [0.1, 0.15) is 0 Å². The first-order chi connectivity index (χ1) is 12.4. The van der Waals surface area contributed by atoms with Crippen molar-refractivity contribution in [2.45, 2.75) is 30.4 Å².